The molecule has 0 bridgehead atoms. The minimum absolute atomic E-state index is 0.189. The number of imide groups is 1. The molecule has 0 radical (unpaired) electrons. The largest absolute Gasteiger partial charge is 0.462 e. The van der Waals surface area contributed by atoms with Crippen LogP contribution in [-0.2, 0) is 14.3 Å². The van der Waals surface area contributed by atoms with Gasteiger partial charge in [-0.25, -0.2) is 4.39 Å². The Kier molecular flexibility index (Phi) is 4.97. The first-order valence-electron chi connectivity index (χ1n) is 6.57. The van der Waals surface area contributed by atoms with E-state index in [0.717, 1.165) is 16.7 Å². The van der Waals surface area contributed by atoms with Crippen molar-refractivity contribution < 1.29 is 23.5 Å². The summed E-state index contributed by atoms with van der Waals surface area (Å²) in [5, 5.41) is -0.529. The second kappa shape index (κ2) is 6.74. The highest BCUT2D eigenvalue weighted by Gasteiger charge is 2.36. The molecule has 1 saturated heterocycles. The maximum absolute atomic E-state index is 12.8. The number of amides is 2. The number of benzene rings is 1. The van der Waals surface area contributed by atoms with Gasteiger partial charge in [0.25, 0.3) is 11.1 Å². The van der Waals surface area contributed by atoms with Crippen LogP contribution < -0.4 is 0 Å². The molecular weight excluding hydrogens is 309 g/mol. The van der Waals surface area contributed by atoms with Gasteiger partial charge in [-0.05, 0) is 49.4 Å². The van der Waals surface area contributed by atoms with E-state index in [-0.39, 0.29) is 16.8 Å². The molecule has 22 heavy (non-hydrogen) atoms. The molecule has 2 amide bonds. The normalized spacial score (nSPS) is 16.7. The molecule has 1 aliphatic heterocycles. The van der Waals surface area contributed by atoms with E-state index < -0.39 is 23.7 Å². The second-order valence-corrected chi connectivity index (χ2v) is 5.85. The van der Waals surface area contributed by atoms with Crippen LogP contribution in [0.4, 0.5) is 9.18 Å². The lowest BCUT2D eigenvalue weighted by Gasteiger charge is -2.13. The van der Waals surface area contributed by atoms with Gasteiger partial charge >= 0.3 is 5.97 Å². The van der Waals surface area contributed by atoms with Crippen molar-refractivity contribution in [3.05, 3.63) is 40.6 Å². The Morgan fingerprint density at radius 2 is 1.95 bits per heavy atom. The van der Waals surface area contributed by atoms with Gasteiger partial charge in [0.05, 0.1) is 11.0 Å². The van der Waals surface area contributed by atoms with Crippen LogP contribution in [0.5, 0.6) is 0 Å². The second-order valence-electron chi connectivity index (χ2n) is 4.86. The third kappa shape index (κ3) is 3.94. The summed E-state index contributed by atoms with van der Waals surface area (Å²) in [5.74, 6) is -1.58. The highest BCUT2D eigenvalue weighted by molar-refractivity contribution is 8.18. The molecule has 0 aliphatic carbocycles. The number of halogens is 1. The topological polar surface area (TPSA) is 63.7 Å². The zero-order valence-electron chi connectivity index (χ0n) is 12.0. The summed E-state index contributed by atoms with van der Waals surface area (Å²) in [6.45, 7) is 2.95. The van der Waals surface area contributed by atoms with Crippen molar-refractivity contribution in [2.24, 2.45) is 0 Å². The van der Waals surface area contributed by atoms with Gasteiger partial charge in [0.2, 0.25) is 0 Å². The predicted octanol–water partition coefficient (Wildman–Crippen LogP) is 2.81. The summed E-state index contributed by atoms with van der Waals surface area (Å²) in [6, 6.07) is 5.51. The van der Waals surface area contributed by atoms with Crippen molar-refractivity contribution in [3.63, 3.8) is 0 Å². The Morgan fingerprint density at radius 3 is 2.55 bits per heavy atom. The quantitative estimate of drug-likeness (QED) is 0.630. The van der Waals surface area contributed by atoms with Crippen LogP contribution in [0.25, 0.3) is 6.08 Å². The monoisotopic (exact) mass is 323 g/mol. The number of ether oxygens (including phenoxy) is 1. The summed E-state index contributed by atoms with van der Waals surface area (Å²) in [6.07, 6.45) is 1.17. The summed E-state index contributed by atoms with van der Waals surface area (Å²) in [4.78, 5) is 36.6. The molecule has 116 valence electrons. The van der Waals surface area contributed by atoms with Gasteiger partial charge in [0.15, 0.2) is 0 Å². The maximum atomic E-state index is 12.8. The van der Waals surface area contributed by atoms with Gasteiger partial charge in [-0.2, -0.15) is 0 Å². The van der Waals surface area contributed by atoms with Crippen molar-refractivity contribution >= 4 is 35.0 Å². The number of nitrogens with zero attached hydrogens (tertiary/aromatic N) is 1. The summed E-state index contributed by atoms with van der Waals surface area (Å²) in [7, 11) is 0. The van der Waals surface area contributed by atoms with Crippen LogP contribution >= 0.6 is 11.8 Å². The smallest absolute Gasteiger partial charge is 0.326 e. The molecule has 7 heteroatoms. The summed E-state index contributed by atoms with van der Waals surface area (Å²) >= 11 is 0.739. The fourth-order valence-electron chi connectivity index (χ4n) is 1.78. The van der Waals surface area contributed by atoms with Crippen molar-refractivity contribution in [1.29, 1.82) is 0 Å². The number of carbonyl (C=O) groups is 3. The Bertz CT molecular complexity index is 639. The highest BCUT2D eigenvalue weighted by atomic mass is 32.2. The Morgan fingerprint density at radius 1 is 1.32 bits per heavy atom. The standard InChI is InChI=1S/C15H14FNO4S/c1-9(2)21-13(18)8-17-14(19)12(22-15(17)20)7-10-3-5-11(16)6-4-10/h3-7,9H,8H2,1-2H3/b12-7-. The van der Waals surface area contributed by atoms with Gasteiger partial charge in [-0.3, -0.25) is 19.3 Å². The lowest BCUT2D eigenvalue weighted by Crippen LogP contribution is -2.35. The van der Waals surface area contributed by atoms with E-state index >= 15 is 0 Å². The number of hydrogen-bond donors (Lipinski definition) is 0. The molecule has 0 atom stereocenters. The van der Waals surface area contributed by atoms with Crippen molar-refractivity contribution in [1.82, 2.24) is 4.90 Å². The molecule has 0 N–H and O–H groups in total. The zero-order valence-corrected chi connectivity index (χ0v) is 12.9. The molecule has 2 rings (SSSR count). The van der Waals surface area contributed by atoms with Crippen LogP contribution in [0.15, 0.2) is 29.2 Å². The molecule has 0 saturated carbocycles. The number of hydrogen-bond acceptors (Lipinski definition) is 5. The third-order valence-electron chi connectivity index (χ3n) is 2.70. The van der Waals surface area contributed by atoms with Crippen molar-refractivity contribution in [3.8, 4) is 0 Å². The first-order valence-corrected chi connectivity index (χ1v) is 7.39. The number of rotatable bonds is 4. The lowest BCUT2D eigenvalue weighted by atomic mass is 10.2. The molecule has 0 unspecified atom stereocenters. The van der Waals surface area contributed by atoms with Crippen LogP contribution in [0.3, 0.4) is 0 Å². The summed E-state index contributed by atoms with van der Waals surface area (Å²) < 4.78 is 17.8. The Hall–Kier alpha value is -2.15. The number of thioether (sulfide) groups is 1. The van der Waals surface area contributed by atoms with E-state index in [0.29, 0.717) is 5.56 Å². The average molecular weight is 323 g/mol. The summed E-state index contributed by atoms with van der Waals surface area (Å²) in [5.41, 5.74) is 0.594. The van der Waals surface area contributed by atoms with Gasteiger partial charge in [-0.15, -0.1) is 0 Å². The molecule has 1 aromatic carbocycles. The van der Waals surface area contributed by atoms with E-state index in [1.54, 1.807) is 13.8 Å². The predicted molar refractivity (Wildman–Crippen MR) is 80.3 cm³/mol. The van der Waals surface area contributed by atoms with E-state index in [1.165, 1.54) is 30.3 Å². The van der Waals surface area contributed by atoms with Crippen LogP contribution in [-0.4, -0.2) is 34.7 Å². The van der Waals surface area contributed by atoms with E-state index in [1.807, 2.05) is 0 Å². The average Bonchev–Trinajstić information content (AvgIpc) is 2.68. The zero-order chi connectivity index (χ0) is 16.3. The lowest BCUT2D eigenvalue weighted by molar-refractivity contribution is -0.149. The molecule has 1 fully saturated rings. The maximum Gasteiger partial charge on any atom is 0.326 e. The molecule has 1 heterocycles. The minimum Gasteiger partial charge on any atom is -0.462 e. The fourth-order valence-corrected chi connectivity index (χ4v) is 2.61. The van der Waals surface area contributed by atoms with Gasteiger partial charge in [-0.1, -0.05) is 12.1 Å². The molecular formula is C15H14FNO4S. The van der Waals surface area contributed by atoms with Crippen LogP contribution in [0, 0.1) is 5.82 Å². The number of esters is 1. The molecule has 5 nitrogen and oxygen atoms in total. The van der Waals surface area contributed by atoms with Gasteiger partial charge in [0, 0.05) is 0 Å². The van der Waals surface area contributed by atoms with E-state index in [4.69, 9.17) is 4.74 Å². The van der Waals surface area contributed by atoms with Gasteiger partial charge < -0.3 is 4.74 Å². The Balaban J connectivity index is 2.11. The van der Waals surface area contributed by atoms with Crippen LogP contribution in [0.2, 0.25) is 0 Å². The molecule has 0 spiro atoms. The third-order valence-corrected chi connectivity index (χ3v) is 3.60. The van der Waals surface area contributed by atoms with Crippen molar-refractivity contribution in [2.75, 3.05) is 6.54 Å². The number of carbonyl (C=O) groups excluding carboxylic acids is 3. The molecule has 0 aromatic heterocycles. The Labute approximate surface area is 131 Å². The SMILES string of the molecule is CC(C)OC(=O)CN1C(=O)S/C(=C\c2ccc(F)cc2)C1=O. The first kappa shape index (κ1) is 16.2. The van der Waals surface area contributed by atoms with Gasteiger partial charge in [0.1, 0.15) is 12.4 Å². The van der Waals surface area contributed by atoms with E-state index in [2.05, 4.69) is 0 Å². The first-order chi connectivity index (χ1) is 10.4. The minimum atomic E-state index is -0.639. The van der Waals surface area contributed by atoms with E-state index in [9.17, 15) is 18.8 Å². The van der Waals surface area contributed by atoms with Crippen LogP contribution in [0.1, 0.15) is 19.4 Å². The fraction of sp³-hybridized carbons (Fsp3) is 0.267. The van der Waals surface area contributed by atoms with Crippen molar-refractivity contribution in [2.45, 2.75) is 20.0 Å². The molecule has 1 aromatic rings. The molecule has 1 aliphatic rings. The highest BCUT2D eigenvalue weighted by Crippen LogP contribution is 2.32.